The minimum Gasteiger partial charge on any atom is -0.308 e. The molecule has 0 amide bonds. The van der Waals surface area contributed by atoms with Gasteiger partial charge in [0.25, 0.3) is 0 Å². The monoisotopic (exact) mass is 307 g/mol. The van der Waals surface area contributed by atoms with E-state index < -0.39 is 11.6 Å². The Bertz CT molecular complexity index is 603. The van der Waals surface area contributed by atoms with Crippen LogP contribution in [-0.2, 0) is 6.54 Å². The predicted molar refractivity (Wildman–Crippen MR) is 83.5 cm³/mol. The molecule has 0 aliphatic heterocycles. The first-order valence-electron chi connectivity index (χ1n) is 6.80. The first kappa shape index (κ1) is 16.0. The van der Waals surface area contributed by atoms with Gasteiger partial charge in [-0.1, -0.05) is 23.9 Å². The van der Waals surface area contributed by atoms with Gasteiger partial charge < -0.3 is 5.32 Å². The molecule has 0 atom stereocenters. The minimum atomic E-state index is -0.426. The number of hydrogen-bond donors (Lipinski definition) is 1. The van der Waals surface area contributed by atoms with E-state index in [1.165, 1.54) is 17.8 Å². The molecular weight excluding hydrogens is 288 g/mol. The van der Waals surface area contributed by atoms with Crippen molar-refractivity contribution in [3.05, 3.63) is 59.7 Å². The van der Waals surface area contributed by atoms with Crippen molar-refractivity contribution in [2.75, 3.05) is 0 Å². The second-order valence-corrected chi connectivity index (χ2v) is 7.04. The molecule has 0 heterocycles. The molecule has 0 unspecified atom stereocenters. The van der Waals surface area contributed by atoms with E-state index >= 15 is 0 Å². The summed E-state index contributed by atoms with van der Waals surface area (Å²) in [5, 5.41) is 3.41. The molecule has 1 N–H and O–H groups in total. The van der Waals surface area contributed by atoms with Gasteiger partial charge in [0, 0.05) is 17.0 Å². The normalized spacial score (nSPS) is 11.7. The van der Waals surface area contributed by atoms with Crippen molar-refractivity contribution >= 4 is 11.8 Å². The van der Waals surface area contributed by atoms with Gasteiger partial charge in [-0.2, -0.15) is 0 Å². The Morgan fingerprint density at radius 2 is 1.67 bits per heavy atom. The molecule has 0 saturated heterocycles. The molecule has 0 aliphatic carbocycles. The van der Waals surface area contributed by atoms with Gasteiger partial charge in [-0.05, 0) is 56.7 Å². The van der Waals surface area contributed by atoms with Crippen LogP contribution in [0.5, 0.6) is 0 Å². The third kappa shape index (κ3) is 5.14. The van der Waals surface area contributed by atoms with Crippen molar-refractivity contribution in [1.82, 2.24) is 5.32 Å². The van der Waals surface area contributed by atoms with E-state index in [1.54, 1.807) is 0 Å². The Morgan fingerprint density at radius 3 is 2.29 bits per heavy atom. The zero-order chi connectivity index (χ0) is 15.5. The number of benzene rings is 2. The van der Waals surface area contributed by atoms with Crippen LogP contribution >= 0.6 is 11.8 Å². The third-order valence-corrected chi connectivity index (χ3v) is 3.91. The van der Waals surface area contributed by atoms with Crippen LogP contribution in [0, 0.1) is 11.6 Å². The first-order valence-corrected chi connectivity index (χ1v) is 7.62. The highest BCUT2D eigenvalue weighted by molar-refractivity contribution is 7.99. The summed E-state index contributed by atoms with van der Waals surface area (Å²) in [7, 11) is 0. The van der Waals surface area contributed by atoms with Crippen LogP contribution in [0.15, 0.2) is 52.3 Å². The molecule has 0 spiro atoms. The zero-order valence-corrected chi connectivity index (χ0v) is 13.2. The van der Waals surface area contributed by atoms with E-state index in [0.717, 1.165) is 29.1 Å². The van der Waals surface area contributed by atoms with Crippen molar-refractivity contribution in [2.45, 2.75) is 42.6 Å². The first-order chi connectivity index (χ1) is 9.83. The fraction of sp³-hybridized carbons (Fsp3) is 0.294. The van der Waals surface area contributed by atoms with Gasteiger partial charge in [-0.3, -0.25) is 0 Å². The van der Waals surface area contributed by atoms with Gasteiger partial charge >= 0.3 is 0 Å². The lowest BCUT2D eigenvalue weighted by atomic mass is 10.1. The topological polar surface area (TPSA) is 12.0 Å². The SMILES string of the molecule is CC(C)(C)NCc1ccc(Sc2cc(F)ccc2F)cc1. The standard InChI is InChI=1S/C17H19F2NS/c1-17(2,3)20-11-12-4-7-14(8-5-12)21-16-10-13(18)6-9-15(16)19/h4-10,20H,11H2,1-3H3. The summed E-state index contributed by atoms with van der Waals surface area (Å²) in [5.74, 6) is -0.829. The maximum atomic E-state index is 13.6. The summed E-state index contributed by atoms with van der Waals surface area (Å²) < 4.78 is 26.7. The van der Waals surface area contributed by atoms with Crippen LogP contribution < -0.4 is 5.32 Å². The highest BCUT2D eigenvalue weighted by Gasteiger charge is 2.09. The molecule has 0 saturated carbocycles. The van der Waals surface area contributed by atoms with Gasteiger partial charge in [-0.25, -0.2) is 8.78 Å². The van der Waals surface area contributed by atoms with Crippen LogP contribution in [0.1, 0.15) is 26.3 Å². The van der Waals surface area contributed by atoms with Gasteiger partial charge in [0.1, 0.15) is 11.6 Å². The lowest BCUT2D eigenvalue weighted by molar-refractivity contribution is 0.424. The zero-order valence-electron chi connectivity index (χ0n) is 12.4. The Morgan fingerprint density at radius 1 is 1.00 bits per heavy atom. The van der Waals surface area contributed by atoms with Gasteiger partial charge in [0.2, 0.25) is 0 Å². The smallest absolute Gasteiger partial charge is 0.137 e. The minimum absolute atomic E-state index is 0.0676. The van der Waals surface area contributed by atoms with Crippen LogP contribution in [0.4, 0.5) is 8.78 Å². The van der Waals surface area contributed by atoms with Gasteiger partial charge in [0.15, 0.2) is 0 Å². The quantitative estimate of drug-likeness (QED) is 0.852. The van der Waals surface area contributed by atoms with Crippen molar-refractivity contribution in [2.24, 2.45) is 0 Å². The van der Waals surface area contributed by atoms with E-state index in [2.05, 4.69) is 26.1 Å². The number of halogens is 2. The average molecular weight is 307 g/mol. The summed E-state index contributed by atoms with van der Waals surface area (Å²) in [6.45, 7) is 7.13. The molecule has 1 nitrogen and oxygen atoms in total. The molecule has 0 radical (unpaired) electrons. The molecule has 0 bridgehead atoms. The molecule has 2 aromatic carbocycles. The second kappa shape index (κ2) is 6.58. The van der Waals surface area contributed by atoms with Crippen molar-refractivity contribution in [3.63, 3.8) is 0 Å². The summed E-state index contributed by atoms with van der Waals surface area (Å²) in [6, 6.07) is 11.3. The lowest BCUT2D eigenvalue weighted by Crippen LogP contribution is -2.35. The Hall–Kier alpha value is -1.39. The molecule has 21 heavy (non-hydrogen) atoms. The molecule has 2 rings (SSSR count). The van der Waals surface area contributed by atoms with E-state index in [-0.39, 0.29) is 5.54 Å². The van der Waals surface area contributed by atoms with Crippen LogP contribution in [0.2, 0.25) is 0 Å². The fourth-order valence-corrected chi connectivity index (χ4v) is 2.59. The number of nitrogens with one attached hydrogen (secondary N) is 1. The van der Waals surface area contributed by atoms with E-state index in [9.17, 15) is 8.78 Å². The van der Waals surface area contributed by atoms with Gasteiger partial charge in [0.05, 0.1) is 4.90 Å². The number of rotatable bonds is 4. The van der Waals surface area contributed by atoms with E-state index in [1.807, 2.05) is 24.3 Å². The highest BCUT2D eigenvalue weighted by Crippen LogP contribution is 2.30. The summed E-state index contributed by atoms with van der Waals surface area (Å²) >= 11 is 1.23. The Kier molecular flexibility index (Phi) is 5.01. The van der Waals surface area contributed by atoms with Crippen molar-refractivity contribution < 1.29 is 8.78 Å². The fourth-order valence-electron chi connectivity index (χ4n) is 1.72. The average Bonchev–Trinajstić information content (AvgIpc) is 2.41. The third-order valence-electron chi connectivity index (χ3n) is 2.87. The van der Waals surface area contributed by atoms with Crippen LogP contribution in [0.25, 0.3) is 0 Å². The van der Waals surface area contributed by atoms with Crippen LogP contribution in [0.3, 0.4) is 0 Å². The lowest BCUT2D eigenvalue weighted by Gasteiger charge is -2.20. The molecule has 112 valence electrons. The molecule has 4 heteroatoms. The predicted octanol–water partition coefficient (Wildman–Crippen LogP) is 5.00. The van der Waals surface area contributed by atoms with E-state index in [4.69, 9.17) is 0 Å². The number of hydrogen-bond acceptors (Lipinski definition) is 2. The summed E-state index contributed by atoms with van der Waals surface area (Å²) in [6.07, 6.45) is 0. The molecular formula is C17H19F2NS. The van der Waals surface area contributed by atoms with Crippen LogP contribution in [-0.4, -0.2) is 5.54 Å². The molecule has 0 aromatic heterocycles. The second-order valence-electron chi connectivity index (χ2n) is 5.92. The molecule has 2 aromatic rings. The van der Waals surface area contributed by atoms with Crippen molar-refractivity contribution in [3.8, 4) is 0 Å². The Balaban J connectivity index is 2.04. The molecule has 0 aliphatic rings. The Labute approximate surface area is 128 Å². The van der Waals surface area contributed by atoms with Gasteiger partial charge in [-0.15, -0.1) is 0 Å². The van der Waals surface area contributed by atoms with E-state index in [0.29, 0.717) is 4.90 Å². The maximum Gasteiger partial charge on any atom is 0.137 e. The largest absolute Gasteiger partial charge is 0.308 e. The highest BCUT2D eigenvalue weighted by atomic mass is 32.2. The summed E-state index contributed by atoms with van der Waals surface area (Å²) in [4.78, 5) is 1.19. The van der Waals surface area contributed by atoms with Crippen molar-refractivity contribution in [1.29, 1.82) is 0 Å². The molecule has 0 fully saturated rings. The maximum absolute atomic E-state index is 13.6. The summed E-state index contributed by atoms with van der Waals surface area (Å²) in [5.41, 5.74) is 1.23.